The van der Waals surface area contributed by atoms with Crippen LogP contribution in [-0.2, 0) is 14.8 Å². The van der Waals surface area contributed by atoms with Crippen LogP contribution in [0.1, 0.15) is 33.1 Å². The third-order valence-corrected chi connectivity index (χ3v) is 5.65. The summed E-state index contributed by atoms with van der Waals surface area (Å²) < 4.78 is 25.3. The Morgan fingerprint density at radius 3 is 2.70 bits per heavy atom. The second kappa shape index (κ2) is 7.51. The van der Waals surface area contributed by atoms with Crippen LogP contribution in [0.15, 0.2) is 24.3 Å². The van der Waals surface area contributed by atoms with Gasteiger partial charge in [0.1, 0.15) is 0 Å². The van der Waals surface area contributed by atoms with Crippen molar-refractivity contribution in [3.05, 3.63) is 24.3 Å². The Morgan fingerprint density at radius 1 is 1.43 bits per heavy atom. The molecule has 0 saturated carbocycles. The number of benzene rings is 1. The molecule has 1 fully saturated rings. The third kappa shape index (κ3) is 4.59. The number of carbonyl (C=O) groups excluding carboxylic acids is 1. The smallest absolute Gasteiger partial charge is 0.244 e. The molecule has 1 amide bonds. The molecular formula is C15H24ClN3O3S. The molecule has 0 radical (unpaired) electrons. The monoisotopic (exact) mass is 361 g/mol. The van der Waals surface area contributed by atoms with Crippen LogP contribution < -0.4 is 15.4 Å². The number of hydrogen-bond acceptors (Lipinski definition) is 4. The molecule has 2 rings (SSSR count). The minimum Gasteiger partial charge on any atom is -0.324 e. The molecule has 6 nitrogen and oxygen atoms in total. The molecule has 0 bridgehead atoms. The van der Waals surface area contributed by atoms with E-state index in [0.717, 1.165) is 6.42 Å². The van der Waals surface area contributed by atoms with Gasteiger partial charge >= 0.3 is 0 Å². The molecule has 1 heterocycles. The second-order valence-electron chi connectivity index (χ2n) is 5.91. The van der Waals surface area contributed by atoms with Crippen molar-refractivity contribution >= 4 is 39.7 Å². The maximum atomic E-state index is 12.2. The first-order valence-corrected chi connectivity index (χ1v) is 9.08. The molecule has 1 aromatic carbocycles. The lowest BCUT2D eigenvalue weighted by Crippen LogP contribution is -2.48. The summed E-state index contributed by atoms with van der Waals surface area (Å²) in [5.74, 6) is -0.100. The molecule has 1 aliphatic rings. The molecule has 8 heteroatoms. The van der Waals surface area contributed by atoms with E-state index in [1.54, 1.807) is 31.2 Å². The highest BCUT2D eigenvalue weighted by Crippen LogP contribution is 2.26. The summed E-state index contributed by atoms with van der Waals surface area (Å²) >= 11 is 0. The van der Waals surface area contributed by atoms with Gasteiger partial charge in [-0.05, 0) is 38.0 Å². The molecule has 0 aliphatic carbocycles. The van der Waals surface area contributed by atoms with E-state index >= 15 is 0 Å². The van der Waals surface area contributed by atoms with Gasteiger partial charge in [-0.15, -0.1) is 12.4 Å². The van der Waals surface area contributed by atoms with E-state index in [2.05, 4.69) is 5.32 Å². The van der Waals surface area contributed by atoms with Gasteiger partial charge in [-0.25, -0.2) is 8.42 Å². The van der Waals surface area contributed by atoms with Crippen LogP contribution in [0.4, 0.5) is 11.4 Å². The van der Waals surface area contributed by atoms with Crippen LogP contribution in [0.25, 0.3) is 0 Å². The van der Waals surface area contributed by atoms with Crippen molar-refractivity contribution in [1.29, 1.82) is 0 Å². The molecule has 0 spiro atoms. The minimum absolute atomic E-state index is 0. The summed E-state index contributed by atoms with van der Waals surface area (Å²) in [5.41, 5.74) is 6.19. The second-order valence-corrected chi connectivity index (χ2v) is 7.93. The summed E-state index contributed by atoms with van der Waals surface area (Å²) in [5, 5.41) is 2.77. The fourth-order valence-corrected chi connectivity index (χ4v) is 4.13. The number of amides is 1. The van der Waals surface area contributed by atoms with Gasteiger partial charge in [0.15, 0.2) is 0 Å². The van der Waals surface area contributed by atoms with E-state index < -0.39 is 15.6 Å². The molecule has 130 valence electrons. The third-order valence-electron chi connectivity index (χ3n) is 3.78. The lowest BCUT2D eigenvalue weighted by Gasteiger charge is -2.23. The van der Waals surface area contributed by atoms with Crippen LogP contribution in [-0.4, -0.2) is 32.2 Å². The normalized spacial score (nSPS) is 18.8. The molecule has 3 N–H and O–H groups in total. The molecule has 0 aromatic heterocycles. The number of nitrogens with zero attached hydrogens (tertiary/aromatic N) is 1. The number of sulfonamides is 1. The fourth-order valence-electron chi connectivity index (χ4n) is 2.58. The number of nitrogens with two attached hydrogens (primary N) is 1. The maximum absolute atomic E-state index is 12.2. The van der Waals surface area contributed by atoms with Crippen LogP contribution >= 0.6 is 12.4 Å². The number of anilines is 2. The summed E-state index contributed by atoms with van der Waals surface area (Å²) in [4.78, 5) is 12.2. The molecule has 1 aromatic rings. The maximum Gasteiger partial charge on any atom is 0.244 e. The van der Waals surface area contributed by atoms with E-state index in [1.807, 2.05) is 6.92 Å². The van der Waals surface area contributed by atoms with Crippen LogP contribution in [0.3, 0.4) is 0 Å². The SMILES string of the molecule is CCCC(C)(N)C(=O)Nc1cccc(N2CCCS2(=O)=O)c1.Cl. The molecule has 1 atom stereocenters. The summed E-state index contributed by atoms with van der Waals surface area (Å²) in [7, 11) is -3.23. The standard InChI is InChI=1S/C15H23N3O3S.ClH/c1-3-8-15(2,16)14(19)17-12-6-4-7-13(11-12)18-9-5-10-22(18,20)21;/h4,6-7,11H,3,5,8-10,16H2,1-2H3,(H,17,19);1H. The molecule has 1 saturated heterocycles. The highest BCUT2D eigenvalue weighted by molar-refractivity contribution is 7.93. The lowest BCUT2D eigenvalue weighted by atomic mass is 9.96. The van der Waals surface area contributed by atoms with Crippen LogP contribution in [0.5, 0.6) is 0 Å². The van der Waals surface area contributed by atoms with Crippen molar-refractivity contribution in [3.8, 4) is 0 Å². The zero-order chi connectivity index (χ0) is 16.4. The number of carbonyl (C=O) groups is 1. The van der Waals surface area contributed by atoms with E-state index in [9.17, 15) is 13.2 Å². The van der Waals surface area contributed by atoms with Crippen LogP contribution in [0, 0.1) is 0 Å². The van der Waals surface area contributed by atoms with Crippen LogP contribution in [0.2, 0.25) is 0 Å². The minimum atomic E-state index is -3.23. The quantitative estimate of drug-likeness (QED) is 0.839. The average Bonchev–Trinajstić information content (AvgIpc) is 2.78. The van der Waals surface area contributed by atoms with Gasteiger partial charge in [-0.2, -0.15) is 0 Å². The zero-order valence-electron chi connectivity index (χ0n) is 13.4. The van der Waals surface area contributed by atoms with Crippen molar-refractivity contribution < 1.29 is 13.2 Å². The Balaban J connectivity index is 0.00000264. The highest BCUT2D eigenvalue weighted by Gasteiger charge is 2.29. The zero-order valence-corrected chi connectivity index (χ0v) is 15.0. The first kappa shape index (κ1) is 19.7. The average molecular weight is 362 g/mol. The number of rotatable bonds is 5. The Hall–Kier alpha value is -1.31. The van der Waals surface area contributed by atoms with Gasteiger partial charge in [0.25, 0.3) is 0 Å². The number of hydrogen-bond donors (Lipinski definition) is 2. The Bertz CT molecular complexity index is 662. The van der Waals surface area contributed by atoms with Crippen molar-refractivity contribution in [2.24, 2.45) is 5.73 Å². The van der Waals surface area contributed by atoms with E-state index in [4.69, 9.17) is 5.73 Å². The Kier molecular flexibility index (Phi) is 6.44. The molecule has 23 heavy (non-hydrogen) atoms. The van der Waals surface area contributed by atoms with Gasteiger partial charge < -0.3 is 11.1 Å². The van der Waals surface area contributed by atoms with Crippen molar-refractivity contribution in [2.45, 2.75) is 38.6 Å². The Labute approximate surface area is 143 Å². The molecule has 1 unspecified atom stereocenters. The van der Waals surface area contributed by atoms with Crippen molar-refractivity contribution in [1.82, 2.24) is 0 Å². The van der Waals surface area contributed by atoms with E-state index in [1.165, 1.54) is 4.31 Å². The van der Waals surface area contributed by atoms with E-state index in [-0.39, 0.29) is 24.1 Å². The Morgan fingerprint density at radius 2 is 2.13 bits per heavy atom. The molecular weight excluding hydrogens is 338 g/mol. The summed E-state index contributed by atoms with van der Waals surface area (Å²) in [6, 6.07) is 6.85. The predicted octanol–water partition coefficient (Wildman–Crippen LogP) is 2.10. The van der Waals surface area contributed by atoms with Crippen molar-refractivity contribution in [3.63, 3.8) is 0 Å². The van der Waals surface area contributed by atoms with Gasteiger partial charge in [0, 0.05) is 12.2 Å². The van der Waals surface area contributed by atoms with Gasteiger partial charge in [-0.1, -0.05) is 19.4 Å². The first-order chi connectivity index (χ1) is 10.3. The predicted molar refractivity (Wildman–Crippen MR) is 95.6 cm³/mol. The fraction of sp³-hybridized carbons (Fsp3) is 0.533. The van der Waals surface area contributed by atoms with Gasteiger partial charge in [-0.3, -0.25) is 9.10 Å². The summed E-state index contributed by atoms with van der Waals surface area (Å²) in [6.07, 6.45) is 2.02. The number of halogens is 1. The van der Waals surface area contributed by atoms with Gasteiger partial charge in [0.05, 0.1) is 17.0 Å². The molecule has 1 aliphatic heterocycles. The first-order valence-electron chi connectivity index (χ1n) is 7.47. The summed E-state index contributed by atoms with van der Waals surface area (Å²) in [6.45, 7) is 4.14. The number of nitrogens with one attached hydrogen (secondary N) is 1. The van der Waals surface area contributed by atoms with Gasteiger partial charge in [0.2, 0.25) is 15.9 Å². The topological polar surface area (TPSA) is 92.5 Å². The van der Waals surface area contributed by atoms with Crippen molar-refractivity contribution in [2.75, 3.05) is 21.9 Å². The largest absolute Gasteiger partial charge is 0.324 e. The van der Waals surface area contributed by atoms with E-state index in [0.29, 0.717) is 30.8 Å². The highest BCUT2D eigenvalue weighted by atomic mass is 35.5. The lowest BCUT2D eigenvalue weighted by molar-refractivity contribution is -0.120.